The second kappa shape index (κ2) is 14.3. The van der Waals surface area contributed by atoms with Gasteiger partial charge in [-0.1, -0.05) is 133 Å². The Morgan fingerprint density at radius 1 is 0.295 bits per heavy atom. The summed E-state index contributed by atoms with van der Waals surface area (Å²) in [5, 5.41) is 6.54. The van der Waals surface area contributed by atoms with Crippen LogP contribution in [-0.2, 0) is 0 Å². The Morgan fingerprint density at radius 3 is 1.56 bits per heavy atom. The molecule has 2 heterocycles. The number of aromatic nitrogens is 1. The Kier molecular flexibility index (Phi) is 8.13. The smallest absolute Gasteiger partial charge is 0.227 e. The van der Waals surface area contributed by atoms with Crippen molar-refractivity contribution in [2.45, 2.75) is 0 Å². The van der Waals surface area contributed by atoms with Gasteiger partial charge in [0.15, 0.2) is 5.58 Å². The van der Waals surface area contributed by atoms with Crippen LogP contribution in [0.15, 0.2) is 227 Å². The summed E-state index contributed by atoms with van der Waals surface area (Å²) in [6.07, 6.45) is 0. The van der Waals surface area contributed by atoms with Gasteiger partial charge < -0.3 is 13.7 Å². The van der Waals surface area contributed by atoms with Gasteiger partial charge in [0.25, 0.3) is 0 Å². The van der Waals surface area contributed by atoms with E-state index in [4.69, 9.17) is 13.8 Å². The highest BCUT2D eigenvalue weighted by molar-refractivity contribution is 6.24. The molecule has 12 aromatic rings. The van der Waals surface area contributed by atoms with Gasteiger partial charge in [-0.15, -0.1) is 0 Å². The van der Waals surface area contributed by atoms with Crippen molar-refractivity contribution in [2.75, 3.05) is 4.90 Å². The highest BCUT2D eigenvalue weighted by Crippen LogP contribution is 2.43. The molecular formula is C57H36N2O2. The molecule has 0 saturated carbocycles. The predicted molar refractivity (Wildman–Crippen MR) is 253 cm³/mol. The van der Waals surface area contributed by atoms with E-state index in [9.17, 15) is 0 Å². The summed E-state index contributed by atoms with van der Waals surface area (Å²) in [5.41, 5.74) is 14.4. The maximum Gasteiger partial charge on any atom is 0.227 e. The number of oxazole rings is 1. The summed E-state index contributed by atoms with van der Waals surface area (Å²) in [7, 11) is 0. The van der Waals surface area contributed by atoms with Crippen LogP contribution in [0.25, 0.3) is 99.4 Å². The molecule has 0 aliphatic heterocycles. The Balaban J connectivity index is 0.985. The van der Waals surface area contributed by atoms with E-state index in [1.54, 1.807) is 0 Å². The molecule has 4 heteroatoms. The van der Waals surface area contributed by atoms with E-state index >= 15 is 0 Å². The summed E-state index contributed by atoms with van der Waals surface area (Å²) in [6.45, 7) is 0. The van der Waals surface area contributed by atoms with E-state index in [2.05, 4.69) is 205 Å². The minimum atomic E-state index is 0.583. The molecule has 0 fully saturated rings. The molecular weight excluding hydrogens is 745 g/mol. The van der Waals surface area contributed by atoms with Crippen molar-refractivity contribution in [3.05, 3.63) is 218 Å². The number of anilines is 3. The second-order valence-electron chi connectivity index (χ2n) is 15.5. The number of nitrogens with zero attached hydrogens (tertiary/aromatic N) is 2. The van der Waals surface area contributed by atoms with Gasteiger partial charge >= 0.3 is 0 Å². The highest BCUT2D eigenvalue weighted by atomic mass is 16.3. The molecule has 10 aromatic carbocycles. The fraction of sp³-hybridized carbons (Fsp3) is 0. The molecule has 0 bridgehead atoms. The van der Waals surface area contributed by atoms with Gasteiger partial charge in [-0.3, -0.25) is 0 Å². The van der Waals surface area contributed by atoms with Crippen LogP contribution in [0.2, 0.25) is 0 Å². The minimum Gasteiger partial charge on any atom is -0.456 e. The molecule has 0 saturated heterocycles. The molecule has 286 valence electrons. The molecule has 2 aromatic heterocycles. The molecule has 0 spiro atoms. The monoisotopic (exact) mass is 780 g/mol. The zero-order valence-corrected chi connectivity index (χ0v) is 33.0. The van der Waals surface area contributed by atoms with Gasteiger partial charge in [-0.2, -0.15) is 0 Å². The van der Waals surface area contributed by atoms with Crippen molar-refractivity contribution in [3.8, 4) is 44.8 Å². The number of rotatable bonds is 7. The Hall–Kier alpha value is -8.21. The Labute approximate surface area is 352 Å². The number of fused-ring (bicyclic) bond motifs is 9. The van der Waals surface area contributed by atoms with Crippen LogP contribution >= 0.6 is 0 Å². The Morgan fingerprint density at radius 2 is 0.820 bits per heavy atom. The number of para-hydroxylation sites is 2. The van der Waals surface area contributed by atoms with Crippen LogP contribution in [-0.4, -0.2) is 4.98 Å². The summed E-state index contributed by atoms with van der Waals surface area (Å²) >= 11 is 0. The minimum absolute atomic E-state index is 0.583. The number of furan rings is 1. The highest BCUT2D eigenvalue weighted by Gasteiger charge is 2.20. The molecule has 0 unspecified atom stereocenters. The number of hydrogen-bond donors (Lipinski definition) is 0. The molecule has 0 atom stereocenters. The van der Waals surface area contributed by atoms with E-state index in [1.807, 2.05) is 18.2 Å². The van der Waals surface area contributed by atoms with Crippen molar-refractivity contribution >= 4 is 71.6 Å². The molecule has 0 aliphatic rings. The number of hydrogen-bond acceptors (Lipinski definition) is 4. The van der Waals surface area contributed by atoms with Gasteiger partial charge in [0, 0.05) is 44.2 Å². The summed E-state index contributed by atoms with van der Waals surface area (Å²) in [6, 6.07) is 76.9. The summed E-state index contributed by atoms with van der Waals surface area (Å²) in [4.78, 5) is 7.52. The molecule has 0 amide bonds. The van der Waals surface area contributed by atoms with Gasteiger partial charge in [0.2, 0.25) is 5.89 Å². The zero-order chi connectivity index (χ0) is 40.3. The van der Waals surface area contributed by atoms with Crippen LogP contribution in [0.1, 0.15) is 0 Å². The lowest BCUT2D eigenvalue weighted by Gasteiger charge is -2.25. The lowest BCUT2D eigenvalue weighted by molar-refractivity contribution is 0.623. The van der Waals surface area contributed by atoms with E-state index < -0.39 is 0 Å². The first kappa shape index (κ1) is 34.8. The topological polar surface area (TPSA) is 42.4 Å². The first-order valence-electron chi connectivity index (χ1n) is 20.6. The van der Waals surface area contributed by atoms with Crippen LogP contribution in [0, 0.1) is 0 Å². The van der Waals surface area contributed by atoms with Gasteiger partial charge in [0.05, 0.1) is 0 Å². The van der Waals surface area contributed by atoms with E-state index in [0.29, 0.717) is 5.89 Å². The maximum atomic E-state index is 6.83. The van der Waals surface area contributed by atoms with Crippen molar-refractivity contribution in [1.29, 1.82) is 0 Å². The standard InChI is InChI=1S/C57H36N2O2/c1-4-13-37(14-5-1)40-17-12-18-41(33-40)43-26-31-49-51(35-43)50-34-42(38-15-6-2-7-16-38)25-30-48(50)55-56(49)61-57(58-55)39-23-27-45(28-24-39)59(44-19-8-3-9-20-44)46-29-32-54-52(36-46)47-21-10-11-22-53(47)60-54/h1-36H. The van der Waals surface area contributed by atoms with Crippen molar-refractivity contribution < 1.29 is 8.83 Å². The fourth-order valence-corrected chi connectivity index (χ4v) is 8.88. The van der Waals surface area contributed by atoms with E-state index in [-0.39, 0.29) is 0 Å². The predicted octanol–water partition coefficient (Wildman–Crippen LogP) is 16.2. The van der Waals surface area contributed by atoms with Crippen LogP contribution in [0.3, 0.4) is 0 Å². The van der Waals surface area contributed by atoms with E-state index in [1.165, 1.54) is 16.7 Å². The molecule has 0 N–H and O–H groups in total. The van der Waals surface area contributed by atoms with Gasteiger partial charge in [-0.25, -0.2) is 4.98 Å². The SMILES string of the molecule is c1ccc(-c2cccc(-c3ccc4c(c3)c3cc(-c5ccccc5)ccc3c3nc(-c5ccc(N(c6ccccc6)c6ccc7oc8ccccc8c7c6)cc5)oc43)c2)cc1. The average Bonchev–Trinajstić information content (AvgIpc) is 3.95. The van der Waals surface area contributed by atoms with Crippen LogP contribution in [0.5, 0.6) is 0 Å². The summed E-state index contributed by atoms with van der Waals surface area (Å²) in [5.74, 6) is 0.583. The normalized spacial score (nSPS) is 11.6. The van der Waals surface area contributed by atoms with Crippen molar-refractivity contribution in [3.63, 3.8) is 0 Å². The first-order valence-corrected chi connectivity index (χ1v) is 20.6. The molecule has 12 rings (SSSR count). The second-order valence-corrected chi connectivity index (χ2v) is 15.5. The Bertz CT molecular complexity index is 3570. The van der Waals surface area contributed by atoms with Crippen LogP contribution in [0.4, 0.5) is 17.1 Å². The molecule has 61 heavy (non-hydrogen) atoms. The largest absolute Gasteiger partial charge is 0.456 e. The summed E-state index contributed by atoms with van der Waals surface area (Å²) < 4.78 is 13.0. The van der Waals surface area contributed by atoms with E-state index in [0.717, 1.165) is 93.9 Å². The van der Waals surface area contributed by atoms with Crippen LogP contribution < -0.4 is 4.90 Å². The number of benzene rings is 10. The lowest BCUT2D eigenvalue weighted by Crippen LogP contribution is -2.09. The molecule has 0 aliphatic carbocycles. The fourth-order valence-electron chi connectivity index (χ4n) is 8.88. The lowest BCUT2D eigenvalue weighted by atomic mass is 9.93. The zero-order valence-electron chi connectivity index (χ0n) is 33.0. The third-order valence-electron chi connectivity index (χ3n) is 11.9. The maximum absolute atomic E-state index is 6.83. The first-order chi connectivity index (χ1) is 30.2. The molecule has 4 nitrogen and oxygen atoms in total. The third kappa shape index (κ3) is 6.04. The quantitative estimate of drug-likeness (QED) is 0.151. The van der Waals surface area contributed by atoms with Gasteiger partial charge in [0.1, 0.15) is 16.7 Å². The van der Waals surface area contributed by atoms with Crippen molar-refractivity contribution in [2.24, 2.45) is 0 Å². The molecule has 0 radical (unpaired) electrons. The third-order valence-corrected chi connectivity index (χ3v) is 11.9. The average molecular weight is 781 g/mol. The van der Waals surface area contributed by atoms with Crippen molar-refractivity contribution in [1.82, 2.24) is 4.98 Å². The van der Waals surface area contributed by atoms with Gasteiger partial charge in [-0.05, 0) is 129 Å².